The molecule has 31 heavy (non-hydrogen) atoms. The number of benzene rings is 2. The summed E-state index contributed by atoms with van der Waals surface area (Å²) >= 11 is 0. The Morgan fingerprint density at radius 3 is 2.48 bits per heavy atom. The molecule has 3 fully saturated rings. The van der Waals surface area contributed by atoms with Crippen LogP contribution in [0, 0.1) is 5.82 Å². The third kappa shape index (κ3) is 3.44. The molecule has 0 unspecified atom stereocenters. The lowest BCUT2D eigenvalue weighted by Crippen LogP contribution is -2.57. The second kappa shape index (κ2) is 7.77. The molecule has 2 amide bonds. The summed E-state index contributed by atoms with van der Waals surface area (Å²) in [4.78, 5) is 28.4. The van der Waals surface area contributed by atoms with Crippen LogP contribution < -0.4 is 5.32 Å². The molecule has 5 rings (SSSR count). The van der Waals surface area contributed by atoms with Crippen LogP contribution in [0.3, 0.4) is 0 Å². The smallest absolute Gasteiger partial charge is 0.233 e. The van der Waals surface area contributed by atoms with Crippen molar-refractivity contribution in [3.05, 3.63) is 71.5 Å². The van der Waals surface area contributed by atoms with Gasteiger partial charge >= 0.3 is 0 Å². The van der Waals surface area contributed by atoms with Crippen molar-refractivity contribution in [1.82, 2.24) is 10.2 Å². The average Bonchev–Trinajstić information content (AvgIpc) is 3.40. The maximum atomic E-state index is 14.1. The number of carbonyl (C=O) groups excluding carboxylic acids is 2. The zero-order valence-electron chi connectivity index (χ0n) is 17.8. The first kappa shape index (κ1) is 20.2. The van der Waals surface area contributed by atoms with Crippen LogP contribution in [-0.2, 0) is 15.0 Å². The molecule has 2 heterocycles. The topological polar surface area (TPSA) is 49.4 Å². The van der Waals surface area contributed by atoms with E-state index in [0.29, 0.717) is 19.5 Å². The predicted molar refractivity (Wildman–Crippen MR) is 117 cm³/mol. The zero-order valence-corrected chi connectivity index (χ0v) is 17.8. The molecular formula is C26H29FN2O2. The highest BCUT2D eigenvalue weighted by Gasteiger charge is 2.54. The summed E-state index contributed by atoms with van der Waals surface area (Å²) in [7, 11) is 0. The lowest BCUT2D eigenvalue weighted by Gasteiger charge is -2.39. The monoisotopic (exact) mass is 420 g/mol. The van der Waals surface area contributed by atoms with E-state index >= 15 is 0 Å². The van der Waals surface area contributed by atoms with Gasteiger partial charge in [0.25, 0.3) is 0 Å². The van der Waals surface area contributed by atoms with Crippen LogP contribution in [0.1, 0.15) is 62.0 Å². The van der Waals surface area contributed by atoms with E-state index < -0.39 is 11.0 Å². The summed E-state index contributed by atoms with van der Waals surface area (Å²) in [6.07, 6.45) is 5.92. The Bertz CT molecular complexity index is 986. The van der Waals surface area contributed by atoms with Crippen LogP contribution in [-0.4, -0.2) is 35.3 Å². The number of piperidine rings is 1. The van der Waals surface area contributed by atoms with Crippen molar-refractivity contribution >= 4 is 11.8 Å². The number of nitrogens with zero attached hydrogens (tertiary/aromatic N) is 1. The molecule has 162 valence electrons. The van der Waals surface area contributed by atoms with E-state index in [2.05, 4.69) is 17.4 Å². The summed E-state index contributed by atoms with van der Waals surface area (Å²) in [5.74, 6) is -0.198. The fourth-order valence-electron chi connectivity index (χ4n) is 6.22. The van der Waals surface area contributed by atoms with Crippen LogP contribution in [0.4, 0.5) is 4.39 Å². The number of halogens is 1. The second-order valence-corrected chi connectivity index (χ2v) is 9.51. The Morgan fingerprint density at radius 1 is 1.00 bits per heavy atom. The first-order valence-electron chi connectivity index (χ1n) is 11.4. The summed E-state index contributed by atoms with van der Waals surface area (Å²) < 4.78 is 14.1. The van der Waals surface area contributed by atoms with Gasteiger partial charge in [0.05, 0.1) is 11.0 Å². The molecule has 2 aromatic rings. The van der Waals surface area contributed by atoms with Crippen LogP contribution in [0.15, 0.2) is 54.6 Å². The zero-order chi connectivity index (χ0) is 21.5. The number of hydrogen-bond donors (Lipinski definition) is 1. The molecule has 1 spiro atoms. The molecule has 2 aliphatic heterocycles. The van der Waals surface area contributed by atoms with Crippen molar-refractivity contribution in [1.29, 1.82) is 0 Å². The fraction of sp³-hybridized carbons (Fsp3) is 0.462. The van der Waals surface area contributed by atoms with Gasteiger partial charge in [-0.1, -0.05) is 55.3 Å². The third-order valence-corrected chi connectivity index (χ3v) is 7.69. The molecule has 2 saturated heterocycles. The number of likely N-dealkylation sites (tertiary alicyclic amines) is 1. The Hall–Kier alpha value is -2.69. The summed E-state index contributed by atoms with van der Waals surface area (Å²) in [6.45, 7) is 1.00. The highest BCUT2D eigenvalue weighted by Crippen LogP contribution is 2.47. The highest BCUT2D eigenvalue weighted by atomic mass is 19.1. The van der Waals surface area contributed by atoms with E-state index in [9.17, 15) is 14.0 Å². The van der Waals surface area contributed by atoms with Crippen molar-refractivity contribution in [3.63, 3.8) is 0 Å². The van der Waals surface area contributed by atoms with Crippen molar-refractivity contribution in [3.8, 4) is 0 Å². The lowest BCUT2D eigenvalue weighted by atomic mass is 9.76. The van der Waals surface area contributed by atoms with Gasteiger partial charge in [-0.3, -0.25) is 9.59 Å². The van der Waals surface area contributed by atoms with Gasteiger partial charge < -0.3 is 10.2 Å². The summed E-state index contributed by atoms with van der Waals surface area (Å²) in [5, 5.41) is 3.23. The molecule has 0 radical (unpaired) electrons. The number of nitrogens with one attached hydrogen (secondary N) is 1. The predicted octanol–water partition coefficient (Wildman–Crippen LogP) is 4.30. The summed E-state index contributed by atoms with van der Waals surface area (Å²) in [5.41, 5.74) is 0.943. The molecule has 1 N–H and O–H groups in total. The van der Waals surface area contributed by atoms with E-state index in [0.717, 1.165) is 49.7 Å². The lowest BCUT2D eigenvalue weighted by molar-refractivity contribution is -0.137. The molecule has 2 aromatic carbocycles. The molecule has 5 heteroatoms. The van der Waals surface area contributed by atoms with Gasteiger partial charge in [-0.25, -0.2) is 4.39 Å². The molecule has 1 saturated carbocycles. The van der Waals surface area contributed by atoms with Gasteiger partial charge in [0, 0.05) is 25.4 Å². The average molecular weight is 421 g/mol. The van der Waals surface area contributed by atoms with Crippen molar-refractivity contribution in [2.45, 2.75) is 61.8 Å². The van der Waals surface area contributed by atoms with Crippen LogP contribution >= 0.6 is 0 Å². The number of hydrogen-bond acceptors (Lipinski definition) is 2. The molecule has 0 bridgehead atoms. The maximum Gasteiger partial charge on any atom is 0.233 e. The SMILES string of the molecule is O=C1CCC[C@]2(CN(C(=O)C3(c4ccccc4)CCCC3)C[C@H]2c2cccc(F)c2)N1. The Kier molecular flexibility index (Phi) is 5.07. The minimum absolute atomic E-state index is 0.0283. The number of carbonyl (C=O) groups is 2. The van der Waals surface area contributed by atoms with Gasteiger partial charge in [0.15, 0.2) is 0 Å². The molecular weight excluding hydrogens is 391 g/mol. The van der Waals surface area contributed by atoms with Gasteiger partial charge in [0.1, 0.15) is 5.82 Å². The largest absolute Gasteiger partial charge is 0.348 e. The van der Waals surface area contributed by atoms with E-state index in [1.807, 2.05) is 29.2 Å². The van der Waals surface area contributed by atoms with Crippen molar-refractivity contribution in [2.24, 2.45) is 0 Å². The molecule has 4 nitrogen and oxygen atoms in total. The third-order valence-electron chi connectivity index (χ3n) is 7.69. The summed E-state index contributed by atoms with van der Waals surface area (Å²) in [6, 6.07) is 16.8. The van der Waals surface area contributed by atoms with Gasteiger partial charge in [-0.2, -0.15) is 0 Å². The second-order valence-electron chi connectivity index (χ2n) is 9.51. The van der Waals surface area contributed by atoms with E-state index in [4.69, 9.17) is 0 Å². The van der Waals surface area contributed by atoms with Crippen LogP contribution in [0.2, 0.25) is 0 Å². The van der Waals surface area contributed by atoms with E-state index in [1.54, 1.807) is 12.1 Å². The molecule has 0 aromatic heterocycles. The minimum atomic E-state index is -0.519. The van der Waals surface area contributed by atoms with E-state index in [-0.39, 0.29) is 23.5 Å². The van der Waals surface area contributed by atoms with Gasteiger partial charge in [-0.05, 0) is 48.9 Å². The molecule has 3 aliphatic rings. The maximum absolute atomic E-state index is 14.1. The first-order valence-corrected chi connectivity index (χ1v) is 11.4. The molecule has 2 atom stereocenters. The minimum Gasteiger partial charge on any atom is -0.348 e. The normalized spacial score (nSPS) is 27.5. The number of rotatable bonds is 3. The van der Waals surface area contributed by atoms with Gasteiger partial charge in [0.2, 0.25) is 11.8 Å². The Balaban J connectivity index is 1.51. The Labute approximate surface area is 182 Å². The van der Waals surface area contributed by atoms with Crippen molar-refractivity contribution < 1.29 is 14.0 Å². The Morgan fingerprint density at radius 2 is 1.77 bits per heavy atom. The number of amides is 2. The fourth-order valence-corrected chi connectivity index (χ4v) is 6.22. The van der Waals surface area contributed by atoms with Crippen LogP contribution in [0.5, 0.6) is 0 Å². The highest BCUT2D eigenvalue weighted by molar-refractivity contribution is 5.89. The standard InChI is InChI=1S/C26H29FN2O2/c27-21-11-6-8-19(16-21)22-17-29(18-26(22)15-7-12-23(30)28-26)24(31)25(13-4-5-14-25)20-9-2-1-3-10-20/h1-3,6,8-11,16,22H,4-5,7,12-15,17-18H2,(H,28,30)/t22-,26+/m0/s1. The van der Waals surface area contributed by atoms with Crippen molar-refractivity contribution in [2.75, 3.05) is 13.1 Å². The van der Waals surface area contributed by atoms with Crippen LogP contribution in [0.25, 0.3) is 0 Å². The molecule has 1 aliphatic carbocycles. The first-order chi connectivity index (χ1) is 15.0. The quantitative estimate of drug-likeness (QED) is 0.805. The van der Waals surface area contributed by atoms with E-state index in [1.165, 1.54) is 6.07 Å². The van der Waals surface area contributed by atoms with Gasteiger partial charge in [-0.15, -0.1) is 0 Å².